The molecule has 76 valence electrons. The highest BCUT2D eigenvalue weighted by Crippen LogP contribution is 2.27. The number of rotatable bonds is 2. The number of carbonyl (C=O) groups is 1. The first-order chi connectivity index (χ1) is 6.56. The van der Waals surface area contributed by atoms with Gasteiger partial charge in [0.1, 0.15) is 0 Å². The van der Waals surface area contributed by atoms with Crippen molar-refractivity contribution in [2.45, 2.75) is 6.92 Å². The molecule has 1 rings (SSSR count). The minimum atomic E-state index is -0.517. The molecule has 4 nitrogen and oxygen atoms in total. The van der Waals surface area contributed by atoms with Crippen molar-refractivity contribution >= 4 is 28.9 Å². The standard InChI is InChI=1S/C9H11ClN2O2/c1-2-14-9(13)6-3-5(11)4-7(12)8(6)10/h3-4H,2,11-12H2,1H3. The molecule has 0 heterocycles. The molecule has 0 unspecified atom stereocenters. The highest BCUT2D eigenvalue weighted by atomic mass is 35.5. The SMILES string of the molecule is CCOC(=O)c1cc(N)cc(N)c1Cl. The number of anilines is 2. The summed E-state index contributed by atoms with van der Waals surface area (Å²) in [5, 5.41) is 0.178. The molecule has 0 saturated heterocycles. The molecule has 0 atom stereocenters. The fourth-order valence-electron chi connectivity index (χ4n) is 1.03. The summed E-state index contributed by atoms with van der Waals surface area (Å²) in [4.78, 5) is 11.4. The van der Waals surface area contributed by atoms with Gasteiger partial charge in [0.2, 0.25) is 0 Å². The maximum absolute atomic E-state index is 11.4. The van der Waals surface area contributed by atoms with Crippen molar-refractivity contribution in [2.75, 3.05) is 18.1 Å². The Bertz CT molecular complexity index is 366. The topological polar surface area (TPSA) is 78.3 Å². The largest absolute Gasteiger partial charge is 0.462 e. The zero-order chi connectivity index (χ0) is 10.7. The van der Waals surface area contributed by atoms with E-state index in [-0.39, 0.29) is 22.9 Å². The van der Waals surface area contributed by atoms with Gasteiger partial charge in [0, 0.05) is 5.69 Å². The van der Waals surface area contributed by atoms with Crippen LogP contribution >= 0.6 is 11.6 Å². The summed E-state index contributed by atoms with van der Waals surface area (Å²) in [6.45, 7) is 1.99. The highest BCUT2D eigenvalue weighted by molar-refractivity contribution is 6.36. The summed E-state index contributed by atoms with van der Waals surface area (Å²) in [7, 11) is 0. The Labute approximate surface area is 86.8 Å². The molecule has 0 radical (unpaired) electrons. The van der Waals surface area contributed by atoms with Crippen LogP contribution in [-0.4, -0.2) is 12.6 Å². The molecular formula is C9H11ClN2O2. The van der Waals surface area contributed by atoms with Gasteiger partial charge in [-0.15, -0.1) is 0 Å². The Balaban J connectivity index is 3.13. The molecule has 0 aliphatic rings. The minimum absolute atomic E-state index is 0.178. The second kappa shape index (κ2) is 4.19. The van der Waals surface area contributed by atoms with Gasteiger partial charge in [-0.05, 0) is 19.1 Å². The molecule has 4 N–H and O–H groups in total. The van der Waals surface area contributed by atoms with E-state index < -0.39 is 5.97 Å². The van der Waals surface area contributed by atoms with Crippen LogP contribution in [0.25, 0.3) is 0 Å². The van der Waals surface area contributed by atoms with Gasteiger partial charge in [-0.25, -0.2) is 4.79 Å². The molecule has 1 aromatic rings. The Morgan fingerprint density at radius 1 is 1.50 bits per heavy atom. The number of carbonyl (C=O) groups excluding carboxylic acids is 1. The summed E-state index contributed by atoms with van der Waals surface area (Å²) in [5.74, 6) is -0.517. The van der Waals surface area contributed by atoms with Crippen molar-refractivity contribution in [1.29, 1.82) is 0 Å². The molecule has 0 saturated carbocycles. The number of halogens is 1. The Morgan fingerprint density at radius 2 is 2.14 bits per heavy atom. The normalized spacial score (nSPS) is 9.86. The Hall–Kier alpha value is -1.42. The van der Waals surface area contributed by atoms with Crippen LogP contribution in [0.3, 0.4) is 0 Å². The van der Waals surface area contributed by atoms with Gasteiger partial charge in [0.25, 0.3) is 0 Å². The van der Waals surface area contributed by atoms with Crippen LogP contribution in [0.5, 0.6) is 0 Å². The smallest absolute Gasteiger partial charge is 0.339 e. The Kier molecular flexibility index (Phi) is 3.19. The van der Waals surface area contributed by atoms with Crippen LogP contribution in [0.2, 0.25) is 5.02 Å². The number of hydrogen-bond donors (Lipinski definition) is 2. The molecular weight excluding hydrogens is 204 g/mol. The number of nitrogen functional groups attached to an aromatic ring is 2. The van der Waals surface area contributed by atoms with Gasteiger partial charge < -0.3 is 16.2 Å². The fourth-order valence-corrected chi connectivity index (χ4v) is 1.21. The molecule has 5 heteroatoms. The van der Waals surface area contributed by atoms with Crippen molar-refractivity contribution in [3.63, 3.8) is 0 Å². The van der Waals surface area contributed by atoms with E-state index in [0.29, 0.717) is 5.69 Å². The molecule has 0 bridgehead atoms. The van der Waals surface area contributed by atoms with E-state index in [1.165, 1.54) is 12.1 Å². The zero-order valence-electron chi connectivity index (χ0n) is 7.71. The highest BCUT2D eigenvalue weighted by Gasteiger charge is 2.14. The lowest BCUT2D eigenvalue weighted by atomic mass is 10.2. The van der Waals surface area contributed by atoms with Gasteiger partial charge >= 0.3 is 5.97 Å². The number of esters is 1. The van der Waals surface area contributed by atoms with Gasteiger partial charge in [-0.2, -0.15) is 0 Å². The van der Waals surface area contributed by atoms with E-state index in [4.69, 9.17) is 27.8 Å². The second-order valence-electron chi connectivity index (χ2n) is 2.69. The maximum atomic E-state index is 11.4. The molecule has 0 aliphatic carbocycles. The quantitative estimate of drug-likeness (QED) is 0.580. The predicted molar refractivity (Wildman–Crippen MR) is 56.2 cm³/mol. The summed E-state index contributed by atoms with van der Waals surface area (Å²) >= 11 is 5.81. The lowest BCUT2D eigenvalue weighted by Gasteiger charge is -2.07. The summed E-state index contributed by atoms with van der Waals surface area (Å²) in [5.41, 5.74) is 11.9. The van der Waals surface area contributed by atoms with Crippen LogP contribution in [0.4, 0.5) is 11.4 Å². The van der Waals surface area contributed by atoms with Crippen LogP contribution in [0.1, 0.15) is 17.3 Å². The molecule has 0 fully saturated rings. The van der Waals surface area contributed by atoms with E-state index >= 15 is 0 Å². The number of ether oxygens (including phenoxy) is 1. The van der Waals surface area contributed by atoms with Crippen molar-refractivity contribution in [1.82, 2.24) is 0 Å². The molecule has 0 spiro atoms. The molecule has 0 aliphatic heterocycles. The Morgan fingerprint density at radius 3 is 2.71 bits per heavy atom. The fraction of sp³-hybridized carbons (Fsp3) is 0.222. The van der Waals surface area contributed by atoms with Crippen LogP contribution < -0.4 is 11.5 Å². The molecule has 14 heavy (non-hydrogen) atoms. The number of nitrogens with two attached hydrogens (primary N) is 2. The lowest BCUT2D eigenvalue weighted by Crippen LogP contribution is -2.07. The van der Waals surface area contributed by atoms with Crippen LogP contribution in [0.15, 0.2) is 12.1 Å². The van der Waals surface area contributed by atoms with Gasteiger partial charge in [0.05, 0.1) is 22.9 Å². The minimum Gasteiger partial charge on any atom is -0.462 e. The third-order valence-corrected chi connectivity index (χ3v) is 2.04. The van der Waals surface area contributed by atoms with Crippen molar-refractivity contribution in [3.05, 3.63) is 22.7 Å². The first-order valence-electron chi connectivity index (χ1n) is 4.08. The van der Waals surface area contributed by atoms with Crippen molar-refractivity contribution < 1.29 is 9.53 Å². The first-order valence-corrected chi connectivity index (χ1v) is 4.45. The van der Waals surface area contributed by atoms with Gasteiger partial charge in [0.15, 0.2) is 0 Å². The molecule has 0 aromatic heterocycles. The first kappa shape index (κ1) is 10.7. The maximum Gasteiger partial charge on any atom is 0.339 e. The van der Waals surface area contributed by atoms with Crippen molar-refractivity contribution in [3.8, 4) is 0 Å². The van der Waals surface area contributed by atoms with E-state index in [1.807, 2.05) is 0 Å². The summed E-state index contributed by atoms with van der Waals surface area (Å²) in [6, 6.07) is 2.93. The monoisotopic (exact) mass is 214 g/mol. The van der Waals surface area contributed by atoms with Gasteiger partial charge in [-0.3, -0.25) is 0 Å². The molecule has 0 amide bonds. The zero-order valence-corrected chi connectivity index (χ0v) is 8.47. The van der Waals surface area contributed by atoms with Crippen LogP contribution in [-0.2, 0) is 4.74 Å². The number of hydrogen-bond acceptors (Lipinski definition) is 4. The predicted octanol–water partition coefficient (Wildman–Crippen LogP) is 1.68. The van der Waals surface area contributed by atoms with E-state index in [2.05, 4.69) is 0 Å². The molecule has 1 aromatic carbocycles. The van der Waals surface area contributed by atoms with Gasteiger partial charge in [-0.1, -0.05) is 11.6 Å². The van der Waals surface area contributed by atoms with E-state index in [1.54, 1.807) is 6.92 Å². The van der Waals surface area contributed by atoms with Crippen molar-refractivity contribution in [2.24, 2.45) is 0 Å². The van der Waals surface area contributed by atoms with E-state index in [9.17, 15) is 4.79 Å². The van der Waals surface area contributed by atoms with E-state index in [0.717, 1.165) is 0 Å². The third kappa shape index (κ3) is 2.09. The van der Waals surface area contributed by atoms with Crippen LogP contribution in [0, 0.1) is 0 Å². The second-order valence-corrected chi connectivity index (χ2v) is 3.07. The summed E-state index contributed by atoms with van der Waals surface area (Å²) in [6.07, 6.45) is 0. The lowest BCUT2D eigenvalue weighted by molar-refractivity contribution is 0.0526. The average Bonchev–Trinajstić information content (AvgIpc) is 2.11. The average molecular weight is 215 g/mol. The third-order valence-electron chi connectivity index (χ3n) is 1.62. The summed E-state index contributed by atoms with van der Waals surface area (Å²) < 4.78 is 4.78. The number of benzene rings is 1.